The summed E-state index contributed by atoms with van der Waals surface area (Å²) in [6, 6.07) is -0.623. The molecule has 3 N–H and O–H groups in total. The van der Waals surface area contributed by atoms with E-state index in [4.69, 9.17) is 0 Å². The van der Waals surface area contributed by atoms with Crippen LogP contribution in [0, 0.1) is 0 Å². The van der Waals surface area contributed by atoms with Crippen molar-refractivity contribution >= 4 is 5.91 Å². The fourth-order valence-corrected chi connectivity index (χ4v) is 9.76. The van der Waals surface area contributed by atoms with Gasteiger partial charge in [-0.25, -0.2) is 0 Å². The van der Waals surface area contributed by atoms with E-state index in [0.717, 1.165) is 51.4 Å². The van der Waals surface area contributed by atoms with Gasteiger partial charge in [-0.3, -0.25) is 4.79 Å². The molecule has 0 aliphatic heterocycles. The van der Waals surface area contributed by atoms with Crippen LogP contribution in [0.1, 0.15) is 335 Å². The minimum absolute atomic E-state index is 0.0581. The van der Waals surface area contributed by atoms with Gasteiger partial charge in [-0.15, -0.1) is 0 Å². The molecule has 0 radical (unpaired) electrons. The lowest BCUT2D eigenvalue weighted by atomic mass is 10.0. The summed E-state index contributed by atoms with van der Waals surface area (Å²) in [4.78, 5) is 12.5. The van der Waals surface area contributed by atoms with Gasteiger partial charge in [0.15, 0.2) is 0 Å². The van der Waals surface area contributed by atoms with E-state index in [2.05, 4.69) is 67.8 Å². The minimum atomic E-state index is -0.840. The van der Waals surface area contributed by atoms with E-state index in [0.29, 0.717) is 6.42 Å². The number of allylic oxidation sites excluding steroid dienone is 9. The van der Waals surface area contributed by atoms with Gasteiger partial charge in [0.05, 0.1) is 18.8 Å². The van der Waals surface area contributed by atoms with Crippen molar-refractivity contribution in [3.05, 3.63) is 60.8 Å². The maximum absolute atomic E-state index is 12.5. The smallest absolute Gasteiger partial charge is 0.220 e. The summed E-state index contributed by atoms with van der Waals surface area (Å²) in [5.41, 5.74) is 0. The van der Waals surface area contributed by atoms with Crippen LogP contribution in [0.4, 0.5) is 0 Å². The maximum Gasteiger partial charge on any atom is 0.220 e. The molecule has 1 amide bonds. The van der Waals surface area contributed by atoms with Crippen LogP contribution in [0.2, 0.25) is 0 Å². The van der Waals surface area contributed by atoms with Crippen LogP contribution in [0.3, 0.4) is 0 Å². The van der Waals surface area contributed by atoms with Crippen molar-refractivity contribution in [1.29, 1.82) is 0 Å². The number of rotatable bonds is 58. The van der Waals surface area contributed by atoms with E-state index in [9.17, 15) is 15.0 Å². The molecular formula is C66H123NO3. The Morgan fingerprint density at radius 2 is 0.629 bits per heavy atom. The van der Waals surface area contributed by atoms with Crippen molar-refractivity contribution in [1.82, 2.24) is 5.32 Å². The van der Waals surface area contributed by atoms with Crippen LogP contribution in [0.15, 0.2) is 60.8 Å². The van der Waals surface area contributed by atoms with Crippen LogP contribution in [-0.2, 0) is 4.79 Å². The minimum Gasteiger partial charge on any atom is -0.394 e. The third kappa shape index (κ3) is 57.0. The molecule has 0 heterocycles. The molecule has 4 heteroatoms. The molecule has 0 bridgehead atoms. The number of hydrogen-bond acceptors (Lipinski definition) is 3. The number of carbonyl (C=O) groups is 1. The third-order valence-electron chi connectivity index (χ3n) is 14.5. The van der Waals surface area contributed by atoms with Gasteiger partial charge in [0.1, 0.15) is 0 Å². The van der Waals surface area contributed by atoms with Crippen molar-refractivity contribution in [2.45, 2.75) is 347 Å². The molecule has 0 aliphatic carbocycles. The van der Waals surface area contributed by atoms with Gasteiger partial charge < -0.3 is 15.5 Å². The summed E-state index contributed by atoms with van der Waals surface area (Å²) < 4.78 is 0. The number of aliphatic hydroxyl groups excluding tert-OH is 2. The van der Waals surface area contributed by atoms with Gasteiger partial charge in [-0.2, -0.15) is 0 Å². The Hall–Kier alpha value is -1.91. The van der Waals surface area contributed by atoms with Crippen molar-refractivity contribution in [3.8, 4) is 0 Å². The highest BCUT2D eigenvalue weighted by atomic mass is 16.3. The van der Waals surface area contributed by atoms with Crippen LogP contribution >= 0.6 is 0 Å². The third-order valence-corrected chi connectivity index (χ3v) is 14.5. The summed E-state index contributed by atoms with van der Waals surface area (Å²) in [6.45, 7) is 4.23. The van der Waals surface area contributed by atoms with Gasteiger partial charge in [0, 0.05) is 6.42 Å². The van der Waals surface area contributed by atoms with Crippen molar-refractivity contribution in [2.75, 3.05) is 6.61 Å². The van der Waals surface area contributed by atoms with Crippen LogP contribution < -0.4 is 5.32 Å². The molecule has 0 saturated carbocycles. The van der Waals surface area contributed by atoms with Crippen molar-refractivity contribution in [2.24, 2.45) is 0 Å². The Morgan fingerprint density at radius 3 is 0.943 bits per heavy atom. The van der Waals surface area contributed by atoms with E-state index in [1.807, 2.05) is 6.08 Å². The highest BCUT2D eigenvalue weighted by Crippen LogP contribution is 2.18. The predicted molar refractivity (Wildman–Crippen MR) is 313 cm³/mol. The summed E-state index contributed by atoms with van der Waals surface area (Å²) >= 11 is 0. The first-order valence-corrected chi connectivity index (χ1v) is 31.5. The predicted octanol–water partition coefficient (Wildman–Crippen LogP) is 21.2. The lowest BCUT2D eigenvalue weighted by Crippen LogP contribution is -2.45. The second-order valence-electron chi connectivity index (χ2n) is 21.5. The Kier molecular flexibility index (Phi) is 59.7. The molecule has 0 rings (SSSR count). The Morgan fingerprint density at radius 1 is 0.357 bits per heavy atom. The second-order valence-corrected chi connectivity index (χ2v) is 21.5. The average molecular weight is 979 g/mol. The standard InChI is InChI=1S/C66H123NO3/c1-3-5-7-9-11-13-15-17-19-21-23-25-27-28-29-30-31-32-33-34-35-36-37-38-40-42-44-46-48-50-52-54-56-58-60-62-66(70)67-64(63-68)65(69)61-59-57-55-53-51-49-47-45-43-41-39-26-24-22-20-18-16-14-12-10-8-6-4-2/h5,7,11,13,17,19,23,25,59,61,64-65,68-69H,3-4,6,8-10,12,14-16,18,20-22,24,26-58,60,62-63H2,1-2H3,(H,67,70)/b7-5-,13-11-,19-17-,25-23-,61-59+. The summed E-state index contributed by atoms with van der Waals surface area (Å²) in [6.07, 6.45) is 87.0. The summed E-state index contributed by atoms with van der Waals surface area (Å²) in [5, 5.41) is 23.2. The molecule has 0 spiro atoms. The number of amides is 1. The van der Waals surface area contributed by atoms with Gasteiger partial charge in [-0.1, -0.05) is 331 Å². The largest absolute Gasteiger partial charge is 0.394 e. The molecule has 2 atom stereocenters. The quantitative estimate of drug-likeness (QED) is 0.0420. The van der Waals surface area contributed by atoms with E-state index < -0.39 is 12.1 Å². The first-order valence-electron chi connectivity index (χ1n) is 31.5. The summed E-state index contributed by atoms with van der Waals surface area (Å²) in [7, 11) is 0. The molecule has 0 fully saturated rings. The van der Waals surface area contributed by atoms with Crippen LogP contribution in [0.25, 0.3) is 0 Å². The van der Waals surface area contributed by atoms with Crippen molar-refractivity contribution in [3.63, 3.8) is 0 Å². The highest BCUT2D eigenvalue weighted by Gasteiger charge is 2.18. The van der Waals surface area contributed by atoms with E-state index in [1.165, 1.54) is 263 Å². The maximum atomic E-state index is 12.5. The molecule has 0 aromatic carbocycles. The molecule has 0 aromatic rings. The fourth-order valence-electron chi connectivity index (χ4n) is 9.76. The van der Waals surface area contributed by atoms with E-state index in [-0.39, 0.29) is 12.5 Å². The monoisotopic (exact) mass is 978 g/mol. The normalized spacial score (nSPS) is 13.1. The molecule has 410 valence electrons. The highest BCUT2D eigenvalue weighted by molar-refractivity contribution is 5.76. The molecular weight excluding hydrogens is 855 g/mol. The molecule has 70 heavy (non-hydrogen) atoms. The zero-order valence-corrected chi connectivity index (χ0v) is 47.3. The Bertz CT molecular complexity index is 1150. The molecule has 0 saturated heterocycles. The fraction of sp³-hybridized carbons (Fsp3) is 0.833. The number of unbranched alkanes of at least 4 members (excludes halogenated alkanes) is 43. The first kappa shape index (κ1) is 68.1. The van der Waals surface area contributed by atoms with Gasteiger partial charge >= 0.3 is 0 Å². The topological polar surface area (TPSA) is 69.6 Å². The molecule has 0 aliphatic rings. The molecule has 2 unspecified atom stereocenters. The van der Waals surface area contributed by atoms with Gasteiger partial charge in [0.25, 0.3) is 0 Å². The number of aliphatic hydroxyl groups is 2. The van der Waals surface area contributed by atoms with Gasteiger partial charge in [-0.05, 0) is 57.8 Å². The average Bonchev–Trinajstić information content (AvgIpc) is 3.36. The molecule has 0 aromatic heterocycles. The lowest BCUT2D eigenvalue weighted by molar-refractivity contribution is -0.123. The Labute approximate surface area is 438 Å². The zero-order chi connectivity index (χ0) is 50.6. The number of hydrogen-bond donors (Lipinski definition) is 3. The van der Waals surface area contributed by atoms with Crippen molar-refractivity contribution < 1.29 is 15.0 Å². The molecule has 4 nitrogen and oxygen atoms in total. The van der Waals surface area contributed by atoms with E-state index >= 15 is 0 Å². The SMILES string of the molecule is CC/C=C\C/C=C\C/C=C\C/C=C\CCCCCCCCCCCCCCCCCCCCCCCCC(=O)NC(CO)C(O)/C=C/CCCCCCCCCCCCCCCCCCCCCCC. The Balaban J connectivity index is 3.44. The first-order chi connectivity index (χ1) is 34.7. The second kappa shape index (κ2) is 61.4. The lowest BCUT2D eigenvalue weighted by Gasteiger charge is -2.20. The van der Waals surface area contributed by atoms with Gasteiger partial charge in [0.2, 0.25) is 5.91 Å². The summed E-state index contributed by atoms with van der Waals surface area (Å²) in [5.74, 6) is -0.0581. The van der Waals surface area contributed by atoms with E-state index in [1.54, 1.807) is 6.08 Å². The van der Waals surface area contributed by atoms with Crippen LogP contribution in [0.5, 0.6) is 0 Å². The number of carbonyl (C=O) groups excluding carboxylic acids is 1. The van der Waals surface area contributed by atoms with Crippen LogP contribution in [-0.4, -0.2) is 34.9 Å². The zero-order valence-electron chi connectivity index (χ0n) is 47.3. The number of nitrogens with one attached hydrogen (secondary N) is 1.